The number of hydrogen-bond donors (Lipinski definition) is 0. The third kappa shape index (κ3) is 3.79. The molecule has 1 aromatic rings. The molecule has 3 nitrogen and oxygen atoms in total. The Labute approximate surface area is 115 Å². The van der Waals surface area contributed by atoms with Gasteiger partial charge in [0.25, 0.3) is 0 Å². The Morgan fingerprint density at radius 1 is 1.26 bits per heavy atom. The Bertz CT molecular complexity index is 431. The number of likely N-dealkylation sites (tertiary alicyclic amines) is 1. The second-order valence-electron chi connectivity index (χ2n) is 5.16. The molecule has 0 radical (unpaired) electrons. The molecule has 1 aliphatic rings. The van der Waals surface area contributed by atoms with Crippen molar-refractivity contribution in [2.24, 2.45) is 0 Å². The third-order valence-electron chi connectivity index (χ3n) is 3.71. The van der Waals surface area contributed by atoms with Crippen LogP contribution in [-0.4, -0.2) is 25.1 Å². The summed E-state index contributed by atoms with van der Waals surface area (Å²) >= 11 is 0. The maximum Gasteiger partial charge on any atom is 0.123 e. The molecule has 0 amide bonds. The second kappa shape index (κ2) is 7.28. The highest BCUT2D eigenvalue weighted by atomic mass is 16.5. The molecule has 1 saturated heterocycles. The number of rotatable bonds is 4. The van der Waals surface area contributed by atoms with Crippen molar-refractivity contribution in [1.29, 1.82) is 5.26 Å². The van der Waals surface area contributed by atoms with Gasteiger partial charge in [-0.05, 0) is 37.1 Å². The number of benzene rings is 1. The lowest BCUT2D eigenvalue weighted by atomic mass is 10.0. The molecule has 0 aliphatic carbocycles. The molecule has 0 saturated carbocycles. The van der Waals surface area contributed by atoms with Gasteiger partial charge in [0, 0.05) is 7.11 Å². The zero-order valence-corrected chi connectivity index (χ0v) is 11.6. The Morgan fingerprint density at radius 2 is 2.00 bits per heavy atom. The Hall–Kier alpha value is -1.37. The highest BCUT2D eigenvalue weighted by Gasteiger charge is 2.21. The average Bonchev–Trinajstić information content (AvgIpc) is 2.70. The van der Waals surface area contributed by atoms with E-state index in [1.165, 1.54) is 25.7 Å². The third-order valence-corrected chi connectivity index (χ3v) is 3.71. The maximum atomic E-state index is 9.52. The largest absolute Gasteiger partial charge is 0.380 e. The van der Waals surface area contributed by atoms with Crippen molar-refractivity contribution in [3.05, 3.63) is 35.4 Å². The van der Waals surface area contributed by atoms with Crippen molar-refractivity contribution in [2.75, 3.05) is 20.2 Å². The van der Waals surface area contributed by atoms with Gasteiger partial charge in [-0.3, -0.25) is 4.90 Å². The highest BCUT2D eigenvalue weighted by Crippen LogP contribution is 2.24. The predicted molar refractivity (Wildman–Crippen MR) is 75.6 cm³/mol. The topological polar surface area (TPSA) is 36.3 Å². The number of ether oxygens (including phenoxy) is 1. The van der Waals surface area contributed by atoms with Crippen molar-refractivity contribution in [3.8, 4) is 6.07 Å². The first-order valence-corrected chi connectivity index (χ1v) is 7.06. The fourth-order valence-electron chi connectivity index (χ4n) is 2.74. The molecule has 0 aromatic heterocycles. The van der Waals surface area contributed by atoms with Crippen molar-refractivity contribution in [1.82, 2.24) is 4.90 Å². The molecule has 1 aliphatic heterocycles. The molecule has 3 heteroatoms. The van der Waals surface area contributed by atoms with Crippen LogP contribution in [0.2, 0.25) is 0 Å². The van der Waals surface area contributed by atoms with Gasteiger partial charge < -0.3 is 4.74 Å². The van der Waals surface area contributed by atoms with E-state index in [0.29, 0.717) is 6.61 Å². The SMILES string of the molecule is COCc1cccc(C(C#N)N2CCCCCC2)c1. The van der Waals surface area contributed by atoms with Crippen LogP contribution < -0.4 is 0 Å². The first kappa shape index (κ1) is 14.0. The second-order valence-corrected chi connectivity index (χ2v) is 5.16. The number of methoxy groups -OCH3 is 1. The van der Waals surface area contributed by atoms with E-state index in [1.54, 1.807) is 7.11 Å². The lowest BCUT2D eigenvalue weighted by molar-refractivity contribution is 0.184. The Morgan fingerprint density at radius 3 is 2.63 bits per heavy atom. The maximum absolute atomic E-state index is 9.52. The normalized spacial score (nSPS) is 18.5. The van der Waals surface area contributed by atoms with E-state index in [-0.39, 0.29) is 6.04 Å². The number of nitrogens with zero attached hydrogens (tertiary/aromatic N) is 2. The summed E-state index contributed by atoms with van der Waals surface area (Å²) in [5.41, 5.74) is 2.23. The van der Waals surface area contributed by atoms with E-state index in [1.807, 2.05) is 12.1 Å². The number of nitriles is 1. The van der Waals surface area contributed by atoms with Gasteiger partial charge in [0.2, 0.25) is 0 Å². The van der Waals surface area contributed by atoms with Gasteiger partial charge in [0.05, 0.1) is 12.7 Å². The molecule has 0 spiro atoms. The first-order chi connectivity index (χ1) is 9.35. The fourth-order valence-corrected chi connectivity index (χ4v) is 2.74. The fraction of sp³-hybridized carbons (Fsp3) is 0.562. The predicted octanol–water partition coefficient (Wildman–Crippen LogP) is 3.27. The van der Waals surface area contributed by atoms with Crippen molar-refractivity contribution >= 4 is 0 Å². The van der Waals surface area contributed by atoms with Gasteiger partial charge in [-0.25, -0.2) is 0 Å². The minimum Gasteiger partial charge on any atom is -0.380 e. The molecule has 1 unspecified atom stereocenters. The standard InChI is InChI=1S/C16H22N2O/c1-19-13-14-7-6-8-15(11-14)16(12-17)18-9-4-2-3-5-10-18/h6-8,11,16H,2-5,9-10,13H2,1H3. The summed E-state index contributed by atoms with van der Waals surface area (Å²) < 4.78 is 5.17. The molecule has 2 rings (SSSR count). The Kier molecular flexibility index (Phi) is 5.38. The lowest BCUT2D eigenvalue weighted by Crippen LogP contribution is -2.29. The number of hydrogen-bond acceptors (Lipinski definition) is 3. The van der Waals surface area contributed by atoms with Crippen LogP contribution in [0.3, 0.4) is 0 Å². The van der Waals surface area contributed by atoms with Gasteiger partial charge in [-0.15, -0.1) is 0 Å². The summed E-state index contributed by atoms with van der Waals surface area (Å²) in [6.07, 6.45) is 4.99. The zero-order chi connectivity index (χ0) is 13.5. The molecule has 1 atom stereocenters. The highest BCUT2D eigenvalue weighted by molar-refractivity contribution is 5.29. The summed E-state index contributed by atoms with van der Waals surface area (Å²) in [7, 11) is 1.70. The molecule has 0 N–H and O–H groups in total. The van der Waals surface area contributed by atoms with Gasteiger partial charge in [0.15, 0.2) is 0 Å². The summed E-state index contributed by atoms with van der Waals surface area (Å²) in [5.74, 6) is 0. The van der Waals surface area contributed by atoms with Gasteiger partial charge in [0.1, 0.15) is 6.04 Å². The van der Waals surface area contributed by atoms with E-state index < -0.39 is 0 Å². The summed E-state index contributed by atoms with van der Waals surface area (Å²) in [5, 5.41) is 9.52. The zero-order valence-electron chi connectivity index (χ0n) is 11.6. The minimum absolute atomic E-state index is 0.116. The van der Waals surface area contributed by atoms with Crippen molar-refractivity contribution in [2.45, 2.75) is 38.3 Å². The minimum atomic E-state index is -0.116. The lowest BCUT2D eigenvalue weighted by Gasteiger charge is -2.25. The smallest absolute Gasteiger partial charge is 0.123 e. The van der Waals surface area contributed by atoms with Crippen LogP contribution in [0.1, 0.15) is 42.9 Å². The van der Waals surface area contributed by atoms with Crippen LogP contribution >= 0.6 is 0 Å². The van der Waals surface area contributed by atoms with Crippen LogP contribution in [0.25, 0.3) is 0 Å². The van der Waals surface area contributed by atoms with Crippen LogP contribution in [-0.2, 0) is 11.3 Å². The van der Waals surface area contributed by atoms with Crippen molar-refractivity contribution in [3.63, 3.8) is 0 Å². The van der Waals surface area contributed by atoms with E-state index in [9.17, 15) is 5.26 Å². The molecule has 102 valence electrons. The average molecular weight is 258 g/mol. The Balaban J connectivity index is 2.16. The van der Waals surface area contributed by atoms with E-state index in [0.717, 1.165) is 24.2 Å². The van der Waals surface area contributed by atoms with Crippen LogP contribution in [0.5, 0.6) is 0 Å². The van der Waals surface area contributed by atoms with Crippen LogP contribution in [0.4, 0.5) is 0 Å². The molecular formula is C16H22N2O. The molecule has 19 heavy (non-hydrogen) atoms. The van der Waals surface area contributed by atoms with E-state index in [4.69, 9.17) is 4.74 Å². The van der Waals surface area contributed by atoms with Gasteiger partial charge >= 0.3 is 0 Å². The summed E-state index contributed by atoms with van der Waals surface area (Å²) in [6.45, 7) is 2.67. The summed E-state index contributed by atoms with van der Waals surface area (Å²) in [4.78, 5) is 2.32. The quantitative estimate of drug-likeness (QED) is 0.831. The van der Waals surface area contributed by atoms with E-state index in [2.05, 4.69) is 23.1 Å². The van der Waals surface area contributed by atoms with Gasteiger partial charge in [-0.2, -0.15) is 5.26 Å². The molecule has 0 bridgehead atoms. The molecule has 1 fully saturated rings. The first-order valence-electron chi connectivity index (χ1n) is 7.06. The van der Waals surface area contributed by atoms with Crippen LogP contribution in [0, 0.1) is 11.3 Å². The monoisotopic (exact) mass is 258 g/mol. The molecule has 1 heterocycles. The van der Waals surface area contributed by atoms with Crippen molar-refractivity contribution < 1.29 is 4.74 Å². The summed E-state index contributed by atoms with van der Waals surface area (Å²) in [6, 6.07) is 10.6. The van der Waals surface area contributed by atoms with E-state index >= 15 is 0 Å². The molecule has 1 aromatic carbocycles. The van der Waals surface area contributed by atoms with Gasteiger partial charge in [-0.1, -0.05) is 37.1 Å². The van der Waals surface area contributed by atoms with Crippen LogP contribution in [0.15, 0.2) is 24.3 Å². The molecular weight excluding hydrogens is 236 g/mol.